The molecule has 0 aliphatic heterocycles. The lowest BCUT2D eigenvalue weighted by Crippen LogP contribution is -2.39. The predicted molar refractivity (Wildman–Crippen MR) is 76.7 cm³/mol. The molecule has 0 aromatic carbocycles. The highest BCUT2D eigenvalue weighted by Crippen LogP contribution is 2.58. The van der Waals surface area contributed by atoms with Crippen molar-refractivity contribution >= 4 is 17.9 Å². The molecule has 120 valence electrons. The van der Waals surface area contributed by atoms with Crippen molar-refractivity contribution in [2.24, 2.45) is 23.2 Å². The summed E-state index contributed by atoms with van der Waals surface area (Å²) in [6.07, 6.45) is 4.68. The van der Waals surface area contributed by atoms with Crippen molar-refractivity contribution < 1.29 is 29.0 Å². The molecular formula is C16H20O6. The largest absolute Gasteiger partial charge is 0.481 e. The Morgan fingerprint density at radius 3 is 2.64 bits per heavy atom. The fraction of sp³-hybridized carbons (Fsp3) is 0.562. The van der Waals surface area contributed by atoms with E-state index in [9.17, 15) is 19.5 Å². The normalized spacial score (nSPS) is 31.8. The molecule has 0 spiro atoms. The summed E-state index contributed by atoms with van der Waals surface area (Å²) in [7, 11) is 1.26. The molecule has 1 N–H and O–H groups in total. The SMILES string of the molecule is C=C(C)C(=O)OCCC12C=CC(C1)C(C(=O)O)C2C(=O)OC. The van der Waals surface area contributed by atoms with Gasteiger partial charge in [-0.1, -0.05) is 18.7 Å². The Morgan fingerprint density at radius 2 is 2.09 bits per heavy atom. The smallest absolute Gasteiger partial charge is 0.333 e. The fourth-order valence-corrected chi connectivity index (χ4v) is 3.60. The van der Waals surface area contributed by atoms with Gasteiger partial charge in [0.25, 0.3) is 0 Å². The van der Waals surface area contributed by atoms with E-state index in [1.807, 2.05) is 12.2 Å². The van der Waals surface area contributed by atoms with E-state index in [1.54, 1.807) is 6.92 Å². The zero-order valence-corrected chi connectivity index (χ0v) is 12.7. The highest BCUT2D eigenvalue weighted by atomic mass is 16.5. The number of aliphatic carboxylic acids is 1. The number of methoxy groups -OCH3 is 1. The van der Waals surface area contributed by atoms with Crippen LogP contribution in [0.4, 0.5) is 0 Å². The number of carboxylic acid groups (broad SMARTS) is 1. The minimum Gasteiger partial charge on any atom is -0.481 e. The van der Waals surface area contributed by atoms with Gasteiger partial charge in [0, 0.05) is 11.0 Å². The van der Waals surface area contributed by atoms with E-state index in [0.717, 1.165) is 0 Å². The second-order valence-corrected chi connectivity index (χ2v) is 5.99. The quantitative estimate of drug-likeness (QED) is 0.455. The molecule has 0 aromatic heterocycles. The van der Waals surface area contributed by atoms with Crippen molar-refractivity contribution in [3.05, 3.63) is 24.3 Å². The first-order valence-electron chi connectivity index (χ1n) is 7.15. The van der Waals surface area contributed by atoms with Gasteiger partial charge >= 0.3 is 17.9 Å². The number of carboxylic acids is 1. The number of fused-ring (bicyclic) bond motifs is 2. The average molecular weight is 308 g/mol. The monoisotopic (exact) mass is 308 g/mol. The van der Waals surface area contributed by atoms with Crippen LogP contribution in [0.5, 0.6) is 0 Å². The van der Waals surface area contributed by atoms with Gasteiger partial charge in [0.2, 0.25) is 0 Å². The van der Waals surface area contributed by atoms with Crippen molar-refractivity contribution in [3.63, 3.8) is 0 Å². The van der Waals surface area contributed by atoms with Crippen molar-refractivity contribution in [1.82, 2.24) is 0 Å². The molecule has 0 radical (unpaired) electrons. The molecular weight excluding hydrogens is 288 g/mol. The summed E-state index contributed by atoms with van der Waals surface area (Å²) in [5.74, 6) is -3.71. The number of allylic oxidation sites excluding steroid dienone is 2. The van der Waals surface area contributed by atoms with Gasteiger partial charge in [-0.15, -0.1) is 0 Å². The van der Waals surface area contributed by atoms with Crippen LogP contribution in [-0.4, -0.2) is 36.7 Å². The van der Waals surface area contributed by atoms with Crippen LogP contribution in [0.1, 0.15) is 19.8 Å². The number of esters is 2. The molecule has 0 amide bonds. The third-order valence-corrected chi connectivity index (χ3v) is 4.62. The summed E-state index contributed by atoms with van der Waals surface area (Å²) >= 11 is 0. The van der Waals surface area contributed by atoms with Gasteiger partial charge < -0.3 is 14.6 Å². The summed E-state index contributed by atoms with van der Waals surface area (Å²) in [6, 6.07) is 0. The number of hydrogen-bond donors (Lipinski definition) is 1. The van der Waals surface area contributed by atoms with Gasteiger partial charge in [0.15, 0.2) is 0 Å². The zero-order chi connectivity index (χ0) is 16.5. The standard InChI is InChI=1S/C16H20O6/c1-9(2)14(19)22-7-6-16-5-4-10(8-16)11(13(17)18)12(16)15(20)21-3/h4-5,10-12H,1,6-8H2,2-3H3,(H,17,18). The maximum atomic E-state index is 12.1. The van der Waals surface area contributed by atoms with Gasteiger partial charge in [-0.3, -0.25) is 9.59 Å². The molecule has 0 aromatic rings. The number of carbonyl (C=O) groups is 3. The van der Waals surface area contributed by atoms with E-state index in [-0.39, 0.29) is 12.5 Å². The number of carbonyl (C=O) groups excluding carboxylic acids is 2. The molecule has 4 unspecified atom stereocenters. The van der Waals surface area contributed by atoms with Crippen molar-refractivity contribution in [2.45, 2.75) is 19.8 Å². The maximum absolute atomic E-state index is 12.1. The van der Waals surface area contributed by atoms with E-state index < -0.39 is 35.2 Å². The van der Waals surface area contributed by atoms with Gasteiger partial charge in [-0.25, -0.2) is 4.79 Å². The summed E-state index contributed by atoms with van der Waals surface area (Å²) < 4.78 is 9.90. The summed E-state index contributed by atoms with van der Waals surface area (Å²) in [5, 5.41) is 9.41. The third kappa shape index (κ3) is 2.65. The molecule has 2 aliphatic rings. The van der Waals surface area contributed by atoms with Crippen molar-refractivity contribution in [2.75, 3.05) is 13.7 Å². The Morgan fingerprint density at radius 1 is 1.41 bits per heavy atom. The first-order valence-corrected chi connectivity index (χ1v) is 7.15. The van der Waals surface area contributed by atoms with Gasteiger partial charge in [0.1, 0.15) is 0 Å². The van der Waals surface area contributed by atoms with Crippen LogP contribution in [0.2, 0.25) is 0 Å². The molecule has 2 aliphatic carbocycles. The third-order valence-electron chi connectivity index (χ3n) is 4.62. The van der Waals surface area contributed by atoms with Crippen LogP contribution in [0.3, 0.4) is 0 Å². The molecule has 1 saturated carbocycles. The van der Waals surface area contributed by atoms with Crippen LogP contribution in [0.25, 0.3) is 0 Å². The zero-order valence-electron chi connectivity index (χ0n) is 12.7. The Bertz CT molecular complexity index is 549. The van der Waals surface area contributed by atoms with Crippen LogP contribution in [-0.2, 0) is 23.9 Å². The fourth-order valence-electron chi connectivity index (χ4n) is 3.60. The number of rotatable bonds is 6. The second-order valence-electron chi connectivity index (χ2n) is 5.99. The summed E-state index contributed by atoms with van der Waals surface area (Å²) in [6.45, 7) is 5.17. The molecule has 6 heteroatoms. The molecule has 2 bridgehead atoms. The molecule has 0 heterocycles. The minimum atomic E-state index is -0.995. The Labute approximate surface area is 128 Å². The van der Waals surface area contributed by atoms with E-state index >= 15 is 0 Å². The second kappa shape index (κ2) is 5.94. The number of ether oxygens (including phenoxy) is 2. The average Bonchev–Trinajstić information content (AvgIpc) is 3.01. The molecule has 6 nitrogen and oxygen atoms in total. The lowest BCUT2D eigenvalue weighted by molar-refractivity contribution is -0.159. The topological polar surface area (TPSA) is 89.9 Å². The summed E-state index contributed by atoms with van der Waals surface area (Å²) in [4.78, 5) is 35.0. The van der Waals surface area contributed by atoms with Gasteiger partial charge in [0.05, 0.1) is 25.6 Å². The van der Waals surface area contributed by atoms with Gasteiger partial charge in [-0.2, -0.15) is 0 Å². The first kappa shape index (κ1) is 16.3. The maximum Gasteiger partial charge on any atom is 0.333 e. The molecule has 22 heavy (non-hydrogen) atoms. The minimum absolute atomic E-state index is 0.114. The van der Waals surface area contributed by atoms with E-state index in [2.05, 4.69) is 6.58 Å². The molecule has 4 atom stereocenters. The Kier molecular flexibility index (Phi) is 4.39. The van der Waals surface area contributed by atoms with Crippen LogP contribution in [0, 0.1) is 23.2 Å². The van der Waals surface area contributed by atoms with Crippen LogP contribution >= 0.6 is 0 Å². The van der Waals surface area contributed by atoms with Gasteiger partial charge in [-0.05, 0) is 25.7 Å². The van der Waals surface area contributed by atoms with E-state index in [0.29, 0.717) is 18.4 Å². The van der Waals surface area contributed by atoms with E-state index in [1.165, 1.54) is 7.11 Å². The lowest BCUT2D eigenvalue weighted by Gasteiger charge is -2.32. The predicted octanol–water partition coefficient (Wildman–Crippen LogP) is 1.56. The van der Waals surface area contributed by atoms with E-state index in [4.69, 9.17) is 9.47 Å². The Balaban J connectivity index is 2.15. The highest BCUT2D eigenvalue weighted by molar-refractivity contribution is 5.87. The molecule has 2 rings (SSSR count). The lowest BCUT2D eigenvalue weighted by atomic mass is 9.71. The van der Waals surface area contributed by atoms with Crippen LogP contribution in [0.15, 0.2) is 24.3 Å². The first-order chi connectivity index (χ1) is 10.3. The van der Waals surface area contributed by atoms with Crippen molar-refractivity contribution in [1.29, 1.82) is 0 Å². The highest BCUT2D eigenvalue weighted by Gasteiger charge is 2.60. The van der Waals surface area contributed by atoms with Crippen molar-refractivity contribution in [3.8, 4) is 0 Å². The number of hydrogen-bond acceptors (Lipinski definition) is 5. The summed E-state index contributed by atoms with van der Waals surface area (Å²) in [5.41, 5.74) is -0.312. The molecule has 0 saturated heterocycles. The van der Waals surface area contributed by atoms with Crippen LogP contribution < -0.4 is 0 Å². The molecule has 1 fully saturated rings. The Hall–Kier alpha value is -2.11.